The van der Waals surface area contributed by atoms with Crippen molar-refractivity contribution in [1.29, 1.82) is 0 Å². The van der Waals surface area contributed by atoms with Gasteiger partial charge in [0, 0.05) is 0 Å². The van der Waals surface area contributed by atoms with E-state index in [1.54, 1.807) is 0 Å². The molecule has 0 aromatic heterocycles. The van der Waals surface area contributed by atoms with Gasteiger partial charge in [0.25, 0.3) is 0 Å². The van der Waals surface area contributed by atoms with Crippen LogP contribution in [0.4, 0.5) is 0 Å². The lowest BCUT2D eigenvalue weighted by molar-refractivity contribution is 0.392. The normalized spacial score (nSPS) is 12.4. The average Bonchev–Trinajstić information content (AvgIpc) is 2.97. The second kappa shape index (κ2) is 37.0. The molecule has 0 amide bonds. The summed E-state index contributed by atoms with van der Waals surface area (Å²) in [4.78, 5) is 0. The third-order valence-corrected chi connectivity index (χ3v) is 9.76. The van der Waals surface area contributed by atoms with Gasteiger partial charge in [0.1, 0.15) is 0 Å². The van der Waals surface area contributed by atoms with E-state index in [0.29, 0.717) is 0 Å². The molecular formula is C40H82. The molecule has 0 fully saturated rings. The third-order valence-electron chi connectivity index (χ3n) is 9.76. The standard InChI is InChI=1S/C40H82/c1-4-7-9-11-13-15-17-19-21-23-25-27-29-31-33-35-37-39-40(6-3)38-36-34-32-30-28-26-24-22-20-18-16-14-12-10-8-5-2/h40H,4-39H2,1-3H3. The second-order valence-corrected chi connectivity index (χ2v) is 13.8. The first-order valence-corrected chi connectivity index (χ1v) is 19.8. The fourth-order valence-corrected chi connectivity index (χ4v) is 6.69. The van der Waals surface area contributed by atoms with Crippen LogP contribution in [0.1, 0.15) is 252 Å². The van der Waals surface area contributed by atoms with E-state index in [1.807, 2.05) is 0 Å². The van der Waals surface area contributed by atoms with Gasteiger partial charge in [0.15, 0.2) is 0 Å². The van der Waals surface area contributed by atoms with Crippen molar-refractivity contribution in [2.45, 2.75) is 252 Å². The molecule has 0 heterocycles. The van der Waals surface area contributed by atoms with Gasteiger partial charge in [-0.05, 0) is 5.92 Å². The molecule has 1 unspecified atom stereocenters. The van der Waals surface area contributed by atoms with E-state index < -0.39 is 0 Å². The molecule has 0 N–H and O–H groups in total. The predicted octanol–water partition coefficient (Wildman–Crippen LogP) is 15.7. The summed E-state index contributed by atoms with van der Waals surface area (Å²) in [5.41, 5.74) is 0. The Morgan fingerprint density at radius 2 is 0.400 bits per heavy atom. The van der Waals surface area contributed by atoms with Crippen molar-refractivity contribution < 1.29 is 0 Å². The Hall–Kier alpha value is 0. The maximum atomic E-state index is 2.44. The first-order chi connectivity index (χ1) is 19.8. The van der Waals surface area contributed by atoms with Gasteiger partial charge in [0.2, 0.25) is 0 Å². The van der Waals surface area contributed by atoms with Gasteiger partial charge in [-0.2, -0.15) is 0 Å². The lowest BCUT2D eigenvalue weighted by Crippen LogP contribution is -1.99. The lowest BCUT2D eigenvalue weighted by Gasteiger charge is -2.14. The summed E-state index contributed by atoms with van der Waals surface area (Å²) in [7, 11) is 0. The first kappa shape index (κ1) is 40.0. The van der Waals surface area contributed by atoms with E-state index in [1.165, 1.54) is 231 Å². The van der Waals surface area contributed by atoms with Crippen molar-refractivity contribution in [2.75, 3.05) is 0 Å². The van der Waals surface area contributed by atoms with E-state index in [-0.39, 0.29) is 0 Å². The van der Waals surface area contributed by atoms with Crippen LogP contribution in [0.25, 0.3) is 0 Å². The summed E-state index contributed by atoms with van der Waals surface area (Å²) in [6.07, 6.45) is 53.3. The summed E-state index contributed by atoms with van der Waals surface area (Å²) >= 11 is 0. The lowest BCUT2D eigenvalue weighted by atomic mass is 9.92. The number of hydrogen-bond acceptors (Lipinski definition) is 0. The Bertz CT molecular complexity index is 412. The van der Waals surface area contributed by atoms with E-state index in [9.17, 15) is 0 Å². The molecule has 0 rings (SSSR count). The Balaban J connectivity index is 3.24. The van der Waals surface area contributed by atoms with Crippen LogP contribution in [0.3, 0.4) is 0 Å². The minimum absolute atomic E-state index is 1.02. The maximum absolute atomic E-state index is 2.44. The van der Waals surface area contributed by atoms with Crippen LogP contribution in [0.2, 0.25) is 0 Å². The molecule has 0 aliphatic rings. The van der Waals surface area contributed by atoms with Crippen LogP contribution in [0, 0.1) is 5.92 Å². The summed E-state index contributed by atoms with van der Waals surface area (Å²) in [5.74, 6) is 1.02. The van der Waals surface area contributed by atoms with Crippen molar-refractivity contribution in [3.05, 3.63) is 0 Å². The summed E-state index contributed by atoms with van der Waals surface area (Å²) in [6.45, 7) is 7.06. The van der Waals surface area contributed by atoms with Crippen molar-refractivity contribution >= 4 is 0 Å². The van der Waals surface area contributed by atoms with E-state index in [2.05, 4.69) is 20.8 Å². The average molecular weight is 563 g/mol. The van der Waals surface area contributed by atoms with E-state index >= 15 is 0 Å². The summed E-state index contributed by atoms with van der Waals surface area (Å²) in [6, 6.07) is 0. The molecule has 0 heteroatoms. The number of rotatable bonds is 36. The van der Waals surface area contributed by atoms with Crippen molar-refractivity contribution in [3.63, 3.8) is 0 Å². The highest BCUT2D eigenvalue weighted by Gasteiger charge is 2.06. The van der Waals surface area contributed by atoms with Crippen LogP contribution in [-0.2, 0) is 0 Å². The molecule has 0 aliphatic heterocycles. The van der Waals surface area contributed by atoms with Crippen molar-refractivity contribution in [3.8, 4) is 0 Å². The molecule has 0 spiro atoms. The van der Waals surface area contributed by atoms with Gasteiger partial charge in [-0.15, -0.1) is 0 Å². The molecular weight excluding hydrogens is 480 g/mol. The Kier molecular flexibility index (Phi) is 37.0. The van der Waals surface area contributed by atoms with Gasteiger partial charge in [-0.25, -0.2) is 0 Å². The molecule has 0 saturated carbocycles. The number of hydrogen-bond donors (Lipinski definition) is 0. The third kappa shape index (κ3) is 34.2. The molecule has 0 bridgehead atoms. The Morgan fingerprint density at radius 3 is 0.575 bits per heavy atom. The fourth-order valence-electron chi connectivity index (χ4n) is 6.69. The molecule has 0 aromatic rings. The molecule has 40 heavy (non-hydrogen) atoms. The van der Waals surface area contributed by atoms with Crippen molar-refractivity contribution in [1.82, 2.24) is 0 Å². The highest BCUT2D eigenvalue weighted by atomic mass is 14.1. The highest BCUT2D eigenvalue weighted by Crippen LogP contribution is 2.22. The predicted molar refractivity (Wildman–Crippen MR) is 187 cm³/mol. The molecule has 0 aliphatic carbocycles. The summed E-state index contributed by atoms with van der Waals surface area (Å²) < 4.78 is 0. The van der Waals surface area contributed by atoms with Gasteiger partial charge in [-0.1, -0.05) is 252 Å². The largest absolute Gasteiger partial charge is 0.0654 e. The van der Waals surface area contributed by atoms with Crippen LogP contribution < -0.4 is 0 Å². The molecule has 0 radical (unpaired) electrons. The molecule has 242 valence electrons. The minimum Gasteiger partial charge on any atom is -0.0654 e. The smallest absolute Gasteiger partial charge is 0.0417 e. The van der Waals surface area contributed by atoms with E-state index in [4.69, 9.17) is 0 Å². The molecule has 0 saturated heterocycles. The van der Waals surface area contributed by atoms with Crippen LogP contribution in [0.15, 0.2) is 0 Å². The second-order valence-electron chi connectivity index (χ2n) is 13.8. The SMILES string of the molecule is CCCCCCCCCCCCCCCCCCCC(CC)CCCCCCCCCCCCCCCCCC. The molecule has 0 nitrogen and oxygen atoms in total. The van der Waals surface area contributed by atoms with Gasteiger partial charge in [-0.3, -0.25) is 0 Å². The van der Waals surface area contributed by atoms with Gasteiger partial charge >= 0.3 is 0 Å². The maximum Gasteiger partial charge on any atom is -0.0417 e. The van der Waals surface area contributed by atoms with Gasteiger partial charge in [0.05, 0.1) is 0 Å². The molecule has 0 aromatic carbocycles. The van der Waals surface area contributed by atoms with E-state index in [0.717, 1.165) is 5.92 Å². The quantitative estimate of drug-likeness (QED) is 0.0666. The van der Waals surface area contributed by atoms with Crippen molar-refractivity contribution in [2.24, 2.45) is 5.92 Å². The zero-order valence-corrected chi connectivity index (χ0v) is 29.0. The fraction of sp³-hybridized carbons (Fsp3) is 1.00. The zero-order chi connectivity index (χ0) is 29.0. The minimum atomic E-state index is 1.02. The highest BCUT2D eigenvalue weighted by molar-refractivity contribution is 4.60. The Morgan fingerprint density at radius 1 is 0.225 bits per heavy atom. The molecule has 1 atom stereocenters. The van der Waals surface area contributed by atoms with Gasteiger partial charge < -0.3 is 0 Å². The topological polar surface area (TPSA) is 0 Å². The monoisotopic (exact) mass is 563 g/mol. The van der Waals surface area contributed by atoms with Crippen LogP contribution in [0.5, 0.6) is 0 Å². The number of unbranched alkanes of at least 4 members (excludes halogenated alkanes) is 31. The van der Waals surface area contributed by atoms with Crippen LogP contribution in [-0.4, -0.2) is 0 Å². The Labute approximate surface area is 257 Å². The zero-order valence-electron chi connectivity index (χ0n) is 29.0. The van der Waals surface area contributed by atoms with Crippen LogP contribution >= 0.6 is 0 Å². The summed E-state index contributed by atoms with van der Waals surface area (Å²) in [5, 5.41) is 0. The first-order valence-electron chi connectivity index (χ1n) is 19.8.